The highest BCUT2D eigenvalue weighted by molar-refractivity contribution is 6.31. The van der Waals surface area contributed by atoms with Crippen LogP contribution in [-0.4, -0.2) is 11.7 Å². The van der Waals surface area contributed by atoms with Crippen molar-refractivity contribution in [1.29, 1.82) is 0 Å². The third-order valence-corrected chi connectivity index (χ3v) is 3.29. The van der Waals surface area contributed by atoms with Gasteiger partial charge in [-0.25, -0.2) is 0 Å². The molecule has 106 valence electrons. The molecular formula is C16H18ClNO2. The van der Waals surface area contributed by atoms with Gasteiger partial charge in [-0.15, -0.1) is 0 Å². The van der Waals surface area contributed by atoms with Gasteiger partial charge in [0.05, 0.1) is 6.61 Å². The van der Waals surface area contributed by atoms with Crippen LogP contribution in [0.15, 0.2) is 42.5 Å². The first kappa shape index (κ1) is 14.7. The second kappa shape index (κ2) is 7.17. The van der Waals surface area contributed by atoms with Gasteiger partial charge in [0.15, 0.2) is 0 Å². The second-order valence-electron chi connectivity index (χ2n) is 4.42. The highest BCUT2D eigenvalue weighted by Gasteiger charge is 2.05. The Morgan fingerprint density at radius 3 is 2.70 bits per heavy atom. The van der Waals surface area contributed by atoms with E-state index < -0.39 is 0 Å². The molecule has 0 fully saturated rings. The summed E-state index contributed by atoms with van der Waals surface area (Å²) in [6.07, 6.45) is 0. The molecule has 20 heavy (non-hydrogen) atoms. The van der Waals surface area contributed by atoms with E-state index in [9.17, 15) is 5.11 Å². The SMILES string of the molecule is CCOc1cccc(CNCc2c(O)cccc2Cl)c1. The van der Waals surface area contributed by atoms with Crippen LogP contribution in [0.1, 0.15) is 18.1 Å². The minimum Gasteiger partial charge on any atom is -0.508 e. The van der Waals surface area contributed by atoms with Crippen LogP contribution in [-0.2, 0) is 13.1 Å². The van der Waals surface area contributed by atoms with Crippen molar-refractivity contribution in [3.05, 3.63) is 58.6 Å². The first-order chi connectivity index (χ1) is 9.70. The van der Waals surface area contributed by atoms with Gasteiger partial charge < -0.3 is 15.2 Å². The molecule has 3 nitrogen and oxygen atoms in total. The minimum absolute atomic E-state index is 0.216. The number of hydrogen-bond donors (Lipinski definition) is 2. The summed E-state index contributed by atoms with van der Waals surface area (Å²) in [6.45, 7) is 3.82. The first-order valence-electron chi connectivity index (χ1n) is 6.59. The number of halogens is 1. The Hall–Kier alpha value is -1.71. The summed E-state index contributed by atoms with van der Waals surface area (Å²) in [5, 5.41) is 13.6. The summed E-state index contributed by atoms with van der Waals surface area (Å²) < 4.78 is 5.46. The fourth-order valence-corrected chi connectivity index (χ4v) is 2.20. The summed E-state index contributed by atoms with van der Waals surface area (Å²) in [6, 6.07) is 13.1. The maximum atomic E-state index is 9.76. The fourth-order valence-electron chi connectivity index (χ4n) is 1.97. The van der Waals surface area contributed by atoms with Gasteiger partial charge in [0, 0.05) is 23.7 Å². The lowest BCUT2D eigenvalue weighted by atomic mass is 10.2. The van der Waals surface area contributed by atoms with Crippen molar-refractivity contribution in [2.45, 2.75) is 20.0 Å². The zero-order valence-electron chi connectivity index (χ0n) is 11.4. The third kappa shape index (κ3) is 3.89. The van der Waals surface area contributed by atoms with Gasteiger partial charge in [-0.2, -0.15) is 0 Å². The molecule has 0 unspecified atom stereocenters. The molecule has 0 amide bonds. The number of aromatic hydroxyl groups is 1. The van der Waals surface area contributed by atoms with Crippen molar-refractivity contribution < 1.29 is 9.84 Å². The summed E-state index contributed by atoms with van der Waals surface area (Å²) >= 11 is 6.06. The Bertz CT molecular complexity index is 552. The van der Waals surface area contributed by atoms with Gasteiger partial charge in [0.2, 0.25) is 0 Å². The average Bonchev–Trinajstić information content (AvgIpc) is 2.43. The van der Waals surface area contributed by atoms with E-state index in [2.05, 4.69) is 5.32 Å². The Labute approximate surface area is 124 Å². The smallest absolute Gasteiger partial charge is 0.121 e. The van der Waals surface area contributed by atoms with E-state index in [-0.39, 0.29) is 5.75 Å². The molecule has 0 bridgehead atoms. The predicted molar refractivity (Wildman–Crippen MR) is 81.3 cm³/mol. The Morgan fingerprint density at radius 1 is 1.15 bits per heavy atom. The van der Waals surface area contributed by atoms with Gasteiger partial charge in [0.1, 0.15) is 11.5 Å². The van der Waals surface area contributed by atoms with Crippen LogP contribution in [0.25, 0.3) is 0 Å². The zero-order chi connectivity index (χ0) is 14.4. The molecule has 0 spiro atoms. The van der Waals surface area contributed by atoms with Crippen molar-refractivity contribution in [2.75, 3.05) is 6.61 Å². The maximum absolute atomic E-state index is 9.76. The molecule has 2 aromatic rings. The lowest BCUT2D eigenvalue weighted by molar-refractivity contribution is 0.340. The van der Waals surface area contributed by atoms with E-state index in [0.29, 0.717) is 24.7 Å². The van der Waals surface area contributed by atoms with E-state index in [4.69, 9.17) is 16.3 Å². The Balaban J connectivity index is 1.94. The van der Waals surface area contributed by atoms with Crippen LogP contribution in [0.5, 0.6) is 11.5 Å². The maximum Gasteiger partial charge on any atom is 0.121 e. The van der Waals surface area contributed by atoms with Crippen molar-refractivity contribution in [3.8, 4) is 11.5 Å². The minimum atomic E-state index is 0.216. The van der Waals surface area contributed by atoms with Gasteiger partial charge in [-0.3, -0.25) is 0 Å². The number of rotatable bonds is 6. The standard InChI is InChI=1S/C16H18ClNO2/c1-2-20-13-6-3-5-12(9-13)10-18-11-14-15(17)7-4-8-16(14)19/h3-9,18-19H,2,10-11H2,1H3. The Morgan fingerprint density at radius 2 is 1.95 bits per heavy atom. The monoisotopic (exact) mass is 291 g/mol. The molecule has 0 saturated heterocycles. The average molecular weight is 292 g/mol. The summed E-state index contributed by atoms with van der Waals surface area (Å²) in [7, 11) is 0. The van der Waals surface area contributed by atoms with Crippen molar-refractivity contribution >= 4 is 11.6 Å². The highest BCUT2D eigenvalue weighted by atomic mass is 35.5. The number of hydrogen-bond acceptors (Lipinski definition) is 3. The number of phenols is 1. The lowest BCUT2D eigenvalue weighted by Gasteiger charge is -2.10. The molecule has 0 atom stereocenters. The van der Waals surface area contributed by atoms with Gasteiger partial charge in [0.25, 0.3) is 0 Å². The van der Waals surface area contributed by atoms with Crippen molar-refractivity contribution in [1.82, 2.24) is 5.32 Å². The lowest BCUT2D eigenvalue weighted by Crippen LogP contribution is -2.13. The highest BCUT2D eigenvalue weighted by Crippen LogP contribution is 2.25. The Kier molecular flexibility index (Phi) is 5.27. The molecule has 2 aromatic carbocycles. The second-order valence-corrected chi connectivity index (χ2v) is 4.83. The van der Waals surface area contributed by atoms with E-state index in [1.54, 1.807) is 18.2 Å². The van der Waals surface area contributed by atoms with E-state index >= 15 is 0 Å². The summed E-state index contributed by atoms with van der Waals surface area (Å²) in [5.41, 5.74) is 1.85. The van der Waals surface area contributed by atoms with E-state index in [0.717, 1.165) is 16.9 Å². The summed E-state index contributed by atoms with van der Waals surface area (Å²) in [5.74, 6) is 1.08. The van der Waals surface area contributed by atoms with Crippen LogP contribution in [0, 0.1) is 0 Å². The summed E-state index contributed by atoms with van der Waals surface area (Å²) in [4.78, 5) is 0. The molecule has 0 heterocycles. The zero-order valence-corrected chi connectivity index (χ0v) is 12.2. The molecule has 2 rings (SSSR count). The van der Waals surface area contributed by atoms with Crippen LogP contribution in [0.2, 0.25) is 5.02 Å². The first-order valence-corrected chi connectivity index (χ1v) is 6.97. The molecule has 4 heteroatoms. The topological polar surface area (TPSA) is 41.5 Å². The van der Waals surface area contributed by atoms with Gasteiger partial charge >= 0.3 is 0 Å². The van der Waals surface area contributed by atoms with Crippen molar-refractivity contribution in [3.63, 3.8) is 0 Å². The molecule has 0 aromatic heterocycles. The van der Waals surface area contributed by atoms with Crippen LogP contribution < -0.4 is 10.1 Å². The molecule has 0 aliphatic rings. The molecule has 2 N–H and O–H groups in total. The van der Waals surface area contributed by atoms with Gasteiger partial charge in [-0.05, 0) is 36.8 Å². The number of phenolic OH excluding ortho intramolecular Hbond substituents is 1. The van der Waals surface area contributed by atoms with E-state index in [1.165, 1.54) is 0 Å². The molecule has 0 saturated carbocycles. The normalized spacial score (nSPS) is 10.5. The quantitative estimate of drug-likeness (QED) is 0.852. The molecule has 0 aliphatic carbocycles. The molecule has 0 aliphatic heterocycles. The number of ether oxygens (including phenoxy) is 1. The van der Waals surface area contributed by atoms with Crippen LogP contribution in [0.4, 0.5) is 0 Å². The van der Waals surface area contributed by atoms with Crippen LogP contribution >= 0.6 is 11.6 Å². The van der Waals surface area contributed by atoms with E-state index in [1.807, 2.05) is 31.2 Å². The van der Waals surface area contributed by atoms with Crippen molar-refractivity contribution in [2.24, 2.45) is 0 Å². The van der Waals surface area contributed by atoms with Gasteiger partial charge in [-0.1, -0.05) is 29.8 Å². The molecular weight excluding hydrogens is 274 g/mol. The fraction of sp³-hybridized carbons (Fsp3) is 0.250. The molecule has 0 radical (unpaired) electrons. The number of nitrogens with one attached hydrogen (secondary N) is 1. The largest absolute Gasteiger partial charge is 0.508 e. The number of benzene rings is 2. The van der Waals surface area contributed by atoms with Crippen LogP contribution in [0.3, 0.4) is 0 Å². The predicted octanol–water partition coefficient (Wildman–Crippen LogP) is 3.73. The third-order valence-electron chi connectivity index (χ3n) is 2.93.